The zero-order valence-electron chi connectivity index (χ0n) is 15.2. The highest BCUT2D eigenvalue weighted by molar-refractivity contribution is 6.46. The molecule has 1 N–H and O–H groups in total. The van der Waals surface area contributed by atoms with E-state index in [-0.39, 0.29) is 17.9 Å². The smallest absolute Gasteiger partial charge is 0.295 e. The van der Waals surface area contributed by atoms with Gasteiger partial charge in [0.25, 0.3) is 11.7 Å². The Balaban J connectivity index is 2.14. The Bertz CT molecular complexity index is 843. The summed E-state index contributed by atoms with van der Waals surface area (Å²) in [7, 11) is 2.93. The standard InChI is InChI=1S/C21H21NO5/c1-26-16(27-2)13-22-18(14-9-5-3-6-10-14)17(20(24)21(22)25)19(23)15-11-7-4-8-12-15/h3-12,16,18,23H,13H2,1-2H3. The molecule has 1 heterocycles. The van der Waals surface area contributed by atoms with Gasteiger partial charge in [0.15, 0.2) is 6.29 Å². The lowest BCUT2D eigenvalue weighted by molar-refractivity contribution is -0.149. The number of Topliss-reactive ketones (excluding diaryl/α,β-unsaturated/α-hetero) is 1. The second-order valence-electron chi connectivity index (χ2n) is 6.13. The Morgan fingerprint density at radius 2 is 1.56 bits per heavy atom. The Kier molecular flexibility index (Phi) is 5.69. The van der Waals surface area contributed by atoms with Gasteiger partial charge in [-0.25, -0.2) is 0 Å². The molecular formula is C21H21NO5. The molecule has 2 aromatic carbocycles. The summed E-state index contributed by atoms with van der Waals surface area (Å²) in [6, 6.07) is 17.1. The Morgan fingerprint density at radius 3 is 2.11 bits per heavy atom. The van der Waals surface area contributed by atoms with Crippen LogP contribution in [0.15, 0.2) is 66.2 Å². The summed E-state index contributed by atoms with van der Waals surface area (Å²) < 4.78 is 10.4. The third-order valence-electron chi connectivity index (χ3n) is 4.57. The molecule has 6 heteroatoms. The number of carbonyl (C=O) groups excluding carboxylic acids is 2. The molecule has 1 aliphatic heterocycles. The maximum absolute atomic E-state index is 12.8. The molecule has 1 atom stereocenters. The normalized spacial score (nSPS) is 19.1. The van der Waals surface area contributed by atoms with E-state index < -0.39 is 24.0 Å². The average Bonchev–Trinajstić information content (AvgIpc) is 2.97. The molecule has 0 spiro atoms. The van der Waals surface area contributed by atoms with E-state index in [1.807, 2.05) is 36.4 Å². The van der Waals surface area contributed by atoms with Crippen LogP contribution in [0.3, 0.4) is 0 Å². The number of amides is 1. The molecule has 140 valence electrons. The fraction of sp³-hybridized carbons (Fsp3) is 0.238. The summed E-state index contributed by atoms with van der Waals surface area (Å²) in [5.74, 6) is -1.62. The van der Waals surface area contributed by atoms with E-state index in [1.165, 1.54) is 19.1 Å². The second-order valence-corrected chi connectivity index (χ2v) is 6.13. The number of rotatable bonds is 6. The van der Waals surface area contributed by atoms with E-state index in [2.05, 4.69) is 0 Å². The number of benzene rings is 2. The third-order valence-corrected chi connectivity index (χ3v) is 4.57. The van der Waals surface area contributed by atoms with Crippen LogP contribution in [0.5, 0.6) is 0 Å². The summed E-state index contributed by atoms with van der Waals surface area (Å²) in [5, 5.41) is 10.8. The predicted molar refractivity (Wildman–Crippen MR) is 99.7 cm³/mol. The summed E-state index contributed by atoms with van der Waals surface area (Å²) in [6.07, 6.45) is -0.689. The van der Waals surface area contributed by atoms with Crippen LogP contribution in [-0.4, -0.2) is 48.8 Å². The molecule has 0 radical (unpaired) electrons. The average molecular weight is 367 g/mol. The minimum Gasteiger partial charge on any atom is -0.507 e. The van der Waals surface area contributed by atoms with Crippen LogP contribution in [0.1, 0.15) is 17.2 Å². The van der Waals surface area contributed by atoms with Gasteiger partial charge in [-0.15, -0.1) is 0 Å². The number of aliphatic hydroxyl groups is 1. The van der Waals surface area contributed by atoms with Crippen LogP contribution in [0.25, 0.3) is 5.76 Å². The van der Waals surface area contributed by atoms with Crippen molar-refractivity contribution in [3.05, 3.63) is 77.4 Å². The maximum atomic E-state index is 12.8. The molecule has 1 unspecified atom stereocenters. The van der Waals surface area contributed by atoms with Crippen molar-refractivity contribution in [2.45, 2.75) is 12.3 Å². The van der Waals surface area contributed by atoms with Gasteiger partial charge in [-0.05, 0) is 5.56 Å². The van der Waals surface area contributed by atoms with Crippen molar-refractivity contribution in [2.24, 2.45) is 0 Å². The number of aliphatic hydroxyl groups excluding tert-OH is 1. The number of nitrogens with zero attached hydrogens (tertiary/aromatic N) is 1. The van der Waals surface area contributed by atoms with Gasteiger partial charge in [-0.2, -0.15) is 0 Å². The van der Waals surface area contributed by atoms with E-state index in [1.54, 1.807) is 24.3 Å². The van der Waals surface area contributed by atoms with Crippen LogP contribution in [0.2, 0.25) is 0 Å². The van der Waals surface area contributed by atoms with Gasteiger partial charge in [-0.3, -0.25) is 9.59 Å². The third kappa shape index (κ3) is 3.63. The molecule has 2 aromatic rings. The second kappa shape index (κ2) is 8.16. The first kappa shape index (κ1) is 18.8. The Morgan fingerprint density at radius 1 is 1.00 bits per heavy atom. The maximum Gasteiger partial charge on any atom is 0.295 e. The van der Waals surface area contributed by atoms with Crippen molar-refractivity contribution in [1.29, 1.82) is 0 Å². The Hall–Kier alpha value is -2.96. The number of methoxy groups -OCH3 is 2. The van der Waals surface area contributed by atoms with Gasteiger partial charge in [0.1, 0.15) is 5.76 Å². The molecule has 0 bridgehead atoms. The Labute approximate surface area is 157 Å². The van der Waals surface area contributed by atoms with Crippen LogP contribution in [0.4, 0.5) is 0 Å². The van der Waals surface area contributed by atoms with Crippen molar-refractivity contribution in [3.63, 3.8) is 0 Å². The summed E-state index contributed by atoms with van der Waals surface area (Å²) in [6.45, 7) is 0.0582. The zero-order chi connectivity index (χ0) is 19.4. The number of ketones is 1. The van der Waals surface area contributed by atoms with E-state index >= 15 is 0 Å². The zero-order valence-corrected chi connectivity index (χ0v) is 15.2. The van der Waals surface area contributed by atoms with E-state index in [9.17, 15) is 14.7 Å². The lowest BCUT2D eigenvalue weighted by atomic mass is 9.95. The largest absolute Gasteiger partial charge is 0.507 e. The summed E-state index contributed by atoms with van der Waals surface area (Å²) in [4.78, 5) is 26.9. The van der Waals surface area contributed by atoms with Gasteiger partial charge >= 0.3 is 0 Å². The van der Waals surface area contributed by atoms with Gasteiger partial charge in [-0.1, -0.05) is 60.7 Å². The number of likely N-dealkylation sites (tertiary alicyclic amines) is 1. The van der Waals surface area contributed by atoms with Crippen LogP contribution in [-0.2, 0) is 19.1 Å². The first-order chi connectivity index (χ1) is 13.1. The molecule has 1 aliphatic rings. The lowest BCUT2D eigenvalue weighted by Crippen LogP contribution is -2.38. The van der Waals surface area contributed by atoms with Crippen molar-refractivity contribution in [2.75, 3.05) is 20.8 Å². The quantitative estimate of drug-likeness (QED) is 0.368. The fourth-order valence-corrected chi connectivity index (χ4v) is 3.21. The minimum atomic E-state index is -0.726. The molecule has 1 saturated heterocycles. The van der Waals surface area contributed by atoms with E-state index in [0.29, 0.717) is 5.56 Å². The number of hydrogen-bond donors (Lipinski definition) is 1. The number of hydrogen-bond acceptors (Lipinski definition) is 5. The highest BCUT2D eigenvalue weighted by atomic mass is 16.7. The van der Waals surface area contributed by atoms with Crippen LogP contribution < -0.4 is 0 Å². The highest BCUT2D eigenvalue weighted by Gasteiger charge is 2.46. The lowest BCUT2D eigenvalue weighted by Gasteiger charge is -2.28. The van der Waals surface area contributed by atoms with Gasteiger partial charge in [0.2, 0.25) is 0 Å². The predicted octanol–water partition coefficient (Wildman–Crippen LogP) is 2.73. The topological polar surface area (TPSA) is 76.1 Å². The number of carbonyl (C=O) groups is 2. The molecular weight excluding hydrogens is 346 g/mol. The fourth-order valence-electron chi connectivity index (χ4n) is 3.21. The molecule has 27 heavy (non-hydrogen) atoms. The van der Waals surface area contributed by atoms with Crippen molar-refractivity contribution in [3.8, 4) is 0 Å². The molecule has 6 nitrogen and oxygen atoms in total. The molecule has 3 rings (SSSR count). The van der Waals surface area contributed by atoms with Crippen molar-refractivity contribution >= 4 is 17.4 Å². The SMILES string of the molecule is COC(CN1C(=O)C(=O)C(=C(O)c2ccccc2)C1c1ccccc1)OC. The van der Waals surface area contributed by atoms with Gasteiger partial charge < -0.3 is 19.5 Å². The molecule has 0 aliphatic carbocycles. The first-order valence-corrected chi connectivity index (χ1v) is 8.52. The van der Waals surface area contributed by atoms with E-state index in [4.69, 9.17) is 9.47 Å². The monoisotopic (exact) mass is 367 g/mol. The van der Waals surface area contributed by atoms with E-state index in [0.717, 1.165) is 5.56 Å². The van der Waals surface area contributed by atoms with Crippen LogP contribution >= 0.6 is 0 Å². The first-order valence-electron chi connectivity index (χ1n) is 8.52. The minimum absolute atomic E-state index is 0.0582. The molecule has 0 saturated carbocycles. The number of ether oxygens (including phenoxy) is 2. The van der Waals surface area contributed by atoms with Gasteiger partial charge in [0, 0.05) is 19.8 Å². The highest BCUT2D eigenvalue weighted by Crippen LogP contribution is 2.39. The van der Waals surface area contributed by atoms with Crippen LogP contribution in [0, 0.1) is 0 Å². The van der Waals surface area contributed by atoms with Crippen molar-refractivity contribution in [1.82, 2.24) is 4.90 Å². The molecule has 1 fully saturated rings. The summed E-state index contributed by atoms with van der Waals surface area (Å²) >= 11 is 0. The summed E-state index contributed by atoms with van der Waals surface area (Å²) in [5.41, 5.74) is 1.26. The van der Waals surface area contributed by atoms with Gasteiger partial charge in [0.05, 0.1) is 18.2 Å². The van der Waals surface area contributed by atoms with Crippen molar-refractivity contribution < 1.29 is 24.2 Å². The molecule has 1 amide bonds. The molecule has 0 aromatic heterocycles.